The summed E-state index contributed by atoms with van der Waals surface area (Å²) in [6.07, 6.45) is 0. The highest BCUT2D eigenvalue weighted by molar-refractivity contribution is 7.17. The van der Waals surface area contributed by atoms with Crippen LogP contribution in [0.25, 0.3) is 10.2 Å². The second-order valence-electron chi connectivity index (χ2n) is 5.09. The molecule has 2 aromatic heterocycles. The van der Waals surface area contributed by atoms with Crippen LogP contribution in [0.15, 0.2) is 29.3 Å². The molecule has 3 aromatic rings. The minimum absolute atomic E-state index is 0.0911. The number of aryl methyl sites for hydroxylation is 1. The first-order chi connectivity index (χ1) is 12.5. The molecule has 10 heteroatoms. The Labute approximate surface area is 156 Å². The number of benzene rings is 1. The van der Waals surface area contributed by atoms with E-state index < -0.39 is 10.8 Å². The summed E-state index contributed by atoms with van der Waals surface area (Å²) in [6, 6.07) is 6.32. The van der Waals surface area contributed by atoms with Gasteiger partial charge in [0.05, 0.1) is 19.1 Å². The second kappa shape index (κ2) is 7.26. The number of aromatic nitrogens is 1. The van der Waals surface area contributed by atoms with Crippen LogP contribution in [0.2, 0.25) is 0 Å². The Morgan fingerprint density at radius 3 is 2.46 bits per heavy atom. The predicted octanol–water partition coefficient (Wildman–Crippen LogP) is 3.45. The fourth-order valence-corrected chi connectivity index (χ4v) is 4.42. The lowest BCUT2D eigenvalue weighted by Gasteiger charge is -2.08. The standard InChI is InChI=1S/C16H15N3O5S2/c1-4-18-13-9(23-2)5-6-10(24-3)14(13)26-16(18)17-15(20)11-7-8-12(25-11)19(21)22/h5-8H,4H2,1-3H3. The van der Waals surface area contributed by atoms with Crippen molar-refractivity contribution in [2.75, 3.05) is 14.2 Å². The largest absolute Gasteiger partial charge is 0.495 e. The molecule has 136 valence electrons. The molecule has 0 bridgehead atoms. The molecule has 8 nitrogen and oxygen atoms in total. The number of ether oxygens (including phenoxy) is 2. The molecule has 0 aliphatic heterocycles. The molecule has 2 heterocycles. The Hall–Kier alpha value is -2.72. The monoisotopic (exact) mass is 393 g/mol. The van der Waals surface area contributed by atoms with Crippen LogP contribution in [0.1, 0.15) is 16.6 Å². The van der Waals surface area contributed by atoms with Crippen LogP contribution in [0.3, 0.4) is 0 Å². The maximum Gasteiger partial charge on any atom is 0.324 e. The van der Waals surface area contributed by atoms with E-state index in [1.54, 1.807) is 26.4 Å². The van der Waals surface area contributed by atoms with Gasteiger partial charge < -0.3 is 14.0 Å². The number of carbonyl (C=O) groups is 1. The van der Waals surface area contributed by atoms with Crippen LogP contribution >= 0.6 is 22.7 Å². The number of fused-ring (bicyclic) bond motifs is 1. The maximum atomic E-state index is 12.5. The van der Waals surface area contributed by atoms with Crippen molar-refractivity contribution in [2.24, 2.45) is 4.99 Å². The van der Waals surface area contributed by atoms with Gasteiger partial charge in [-0.15, -0.1) is 0 Å². The van der Waals surface area contributed by atoms with Gasteiger partial charge in [-0.05, 0) is 25.1 Å². The van der Waals surface area contributed by atoms with E-state index in [2.05, 4.69) is 4.99 Å². The molecule has 26 heavy (non-hydrogen) atoms. The van der Waals surface area contributed by atoms with Gasteiger partial charge in [-0.25, -0.2) is 0 Å². The second-order valence-corrected chi connectivity index (χ2v) is 7.13. The normalized spacial score (nSPS) is 11.7. The third kappa shape index (κ3) is 3.08. The van der Waals surface area contributed by atoms with Crippen LogP contribution in [-0.4, -0.2) is 29.6 Å². The maximum absolute atomic E-state index is 12.5. The van der Waals surface area contributed by atoms with Crippen molar-refractivity contribution in [1.29, 1.82) is 0 Å². The Balaban J connectivity index is 2.18. The molecular weight excluding hydrogens is 378 g/mol. The van der Waals surface area contributed by atoms with Gasteiger partial charge in [0.15, 0.2) is 4.80 Å². The molecule has 0 N–H and O–H groups in total. The number of methoxy groups -OCH3 is 2. The molecule has 0 atom stereocenters. The highest BCUT2D eigenvalue weighted by atomic mass is 32.1. The van der Waals surface area contributed by atoms with Crippen molar-refractivity contribution >= 4 is 43.8 Å². The first-order valence-electron chi connectivity index (χ1n) is 7.57. The molecule has 1 amide bonds. The van der Waals surface area contributed by atoms with Crippen LogP contribution < -0.4 is 14.3 Å². The fraction of sp³-hybridized carbons (Fsp3) is 0.250. The summed E-state index contributed by atoms with van der Waals surface area (Å²) in [5, 5.41) is 10.7. The number of amides is 1. The Bertz CT molecular complexity index is 1060. The number of nitro groups is 1. The molecule has 0 aliphatic carbocycles. The van der Waals surface area contributed by atoms with Gasteiger partial charge in [-0.3, -0.25) is 14.9 Å². The molecule has 0 aliphatic rings. The molecule has 3 rings (SSSR count). The summed E-state index contributed by atoms with van der Waals surface area (Å²) in [7, 11) is 3.15. The summed E-state index contributed by atoms with van der Waals surface area (Å²) < 4.78 is 13.5. The Morgan fingerprint density at radius 1 is 1.19 bits per heavy atom. The zero-order valence-corrected chi connectivity index (χ0v) is 15.8. The minimum atomic E-state index is -0.525. The van der Waals surface area contributed by atoms with Gasteiger partial charge in [0.25, 0.3) is 5.91 Å². The molecule has 0 spiro atoms. The SMILES string of the molecule is CCn1c(=NC(=O)c2ccc([N+](=O)[O-])s2)sc2c(OC)ccc(OC)c21. The highest BCUT2D eigenvalue weighted by Gasteiger charge is 2.18. The predicted molar refractivity (Wildman–Crippen MR) is 99.5 cm³/mol. The van der Waals surface area contributed by atoms with E-state index >= 15 is 0 Å². The van der Waals surface area contributed by atoms with Crippen molar-refractivity contribution in [1.82, 2.24) is 4.57 Å². The third-order valence-corrected chi connectivity index (χ3v) is 5.81. The van der Waals surface area contributed by atoms with E-state index in [9.17, 15) is 14.9 Å². The van der Waals surface area contributed by atoms with Crippen LogP contribution in [0.5, 0.6) is 11.5 Å². The van der Waals surface area contributed by atoms with E-state index in [0.717, 1.165) is 21.6 Å². The smallest absolute Gasteiger partial charge is 0.324 e. The van der Waals surface area contributed by atoms with E-state index in [0.29, 0.717) is 22.8 Å². The third-order valence-electron chi connectivity index (χ3n) is 3.69. The fourth-order valence-electron chi connectivity index (χ4n) is 2.52. The number of carbonyl (C=O) groups excluding carboxylic acids is 1. The number of rotatable bonds is 5. The quantitative estimate of drug-likeness (QED) is 0.489. The molecule has 1 aromatic carbocycles. The van der Waals surface area contributed by atoms with E-state index in [4.69, 9.17) is 9.47 Å². The van der Waals surface area contributed by atoms with Gasteiger partial charge >= 0.3 is 5.00 Å². The van der Waals surface area contributed by atoms with E-state index in [-0.39, 0.29) is 9.88 Å². The molecule has 0 saturated carbocycles. The first kappa shape index (κ1) is 18.1. The lowest BCUT2D eigenvalue weighted by Crippen LogP contribution is -2.15. The van der Waals surface area contributed by atoms with Crippen LogP contribution in [0, 0.1) is 10.1 Å². The average molecular weight is 393 g/mol. The van der Waals surface area contributed by atoms with Crippen molar-refractivity contribution in [3.8, 4) is 11.5 Å². The number of nitrogens with zero attached hydrogens (tertiary/aromatic N) is 3. The van der Waals surface area contributed by atoms with Gasteiger partial charge in [0.2, 0.25) is 0 Å². The van der Waals surface area contributed by atoms with Crippen molar-refractivity contribution in [3.63, 3.8) is 0 Å². The average Bonchev–Trinajstić information content (AvgIpc) is 3.25. The van der Waals surface area contributed by atoms with Crippen LogP contribution in [-0.2, 0) is 6.54 Å². The number of thiazole rings is 1. The van der Waals surface area contributed by atoms with Gasteiger partial charge in [0, 0.05) is 12.6 Å². The Kier molecular flexibility index (Phi) is 5.05. The van der Waals surface area contributed by atoms with Crippen LogP contribution in [0.4, 0.5) is 5.00 Å². The number of thiophene rings is 1. The lowest BCUT2D eigenvalue weighted by atomic mass is 10.3. The summed E-state index contributed by atoms with van der Waals surface area (Å²) in [4.78, 5) is 27.6. The zero-order chi connectivity index (χ0) is 18.8. The van der Waals surface area contributed by atoms with E-state index in [1.165, 1.54) is 23.5 Å². The molecule has 0 fully saturated rings. The molecule has 0 saturated heterocycles. The van der Waals surface area contributed by atoms with Gasteiger partial charge in [-0.2, -0.15) is 4.99 Å². The summed E-state index contributed by atoms with van der Waals surface area (Å²) in [5.74, 6) is 0.794. The summed E-state index contributed by atoms with van der Waals surface area (Å²) in [5.41, 5.74) is 0.795. The first-order valence-corrected chi connectivity index (χ1v) is 9.21. The number of hydrogen-bond donors (Lipinski definition) is 0. The number of hydrogen-bond acceptors (Lipinski definition) is 7. The Morgan fingerprint density at radius 2 is 1.88 bits per heavy atom. The minimum Gasteiger partial charge on any atom is -0.495 e. The van der Waals surface area contributed by atoms with Gasteiger partial charge in [0.1, 0.15) is 26.6 Å². The van der Waals surface area contributed by atoms with Crippen molar-refractivity contribution in [3.05, 3.63) is 44.1 Å². The summed E-state index contributed by atoms with van der Waals surface area (Å²) >= 11 is 2.11. The molecule has 0 radical (unpaired) electrons. The van der Waals surface area contributed by atoms with Crippen molar-refractivity contribution in [2.45, 2.75) is 13.5 Å². The van der Waals surface area contributed by atoms with Gasteiger partial charge in [-0.1, -0.05) is 22.7 Å². The molecule has 0 unspecified atom stereocenters. The lowest BCUT2D eigenvalue weighted by molar-refractivity contribution is -0.380. The summed E-state index contributed by atoms with van der Waals surface area (Å²) in [6.45, 7) is 2.50. The highest BCUT2D eigenvalue weighted by Crippen LogP contribution is 2.35. The van der Waals surface area contributed by atoms with Crippen molar-refractivity contribution < 1.29 is 19.2 Å². The zero-order valence-electron chi connectivity index (χ0n) is 14.2. The van der Waals surface area contributed by atoms with E-state index in [1.807, 2.05) is 11.5 Å². The molecular formula is C16H15N3O5S2. The topological polar surface area (TPSA) is 96.0 Å².